The minimum absolute atomic E-state index is 0.116. The average molecular weight is 406 g/mol. The van der Waals surface area contributed by atoms with E-state index in [0.29, 0.717) is 17.1 Å². The lowest BCUT2D eigenvalue weighted by Gasteiger charge is -2.30. The SMILES string of the molecule is C=CCN(Cc1cc(Br)ccc1F)C(=O)C1COc2ccccc2O1. The molecule has 130 valence electrons. The maximum Gasteiger partial charge on any atom is 0.267 e. The van der Waals surface area contributed by atoms with Crippen molar-refractivity contribution in [3.63, 3.8) is 0 Å². The Morgan fingerprint density at radius 3 is 2.84 bits per heavy atom. The smallest absolute Gasteiger partial charge is 0.267 e. The summed E-state index contributed by atoms with van der Waals surface area (Å²) in [6.45, 7) is 4.20. The van der Waals surface area contributed by atoms with Gasteiger partial charge >= 0.3 is 0 Å². The van der Waals surface area contributed by atoms with Crippen LogP contribution in [0.25, 0.3) is 0 Å². The van der Waals surface area contributed by atoms with Gasteiger partial charge in [-0.25, -0.2) is 4.39 Å². The molecule has 1 aliphatic rings. The number of benzene rings is 2. The predicted octanol–water partition coefficient (Wildman–Crippen LogP) is 3.94. The molecule has 1 amide bonds. The van der Waals surface area contributed by atoms with Crippen LogP contribution in [0.15, 0.2) is 59.6 Å². The van der Waals surface area contributed by atoms with Crippen LogP contribution in [0.3, 0.4) is 0 Å². The van der Waals surface area contributed by atoms with E-state index < -0.39 is 6.10 Å². The van der Waals surface area contributed by atoms with Crippen LogP contribution >= 0.6 is 15.9 Å². The highest BCUT2D eigenvalue weighted by atomic mass is 79.9. The maximum atomic E-state index is 14.0. The van der Waals surface area contributed by atoms with Crippen LogP contribution in [0.4, 0.5) is 4.39 Å². The van der Waals surface area contributed by atoms with Crippen LogP contribution in [0.1, 0.15) is 5.56 Å². The third-order valence-electron chi connectivity index (χ3n) is 3.81. The molecule has 2 aromatic carbocycles. The number of fused-ring (bicyclic) bond motifs is 1. The summed E-state index contributed by atoms with van der Waals surface area (Å²) in [6.07, 6.45) is 0.830. The molecule has 25 heavy (non-hydrogen) atoms. The second-order valence-electron chi connectivity index (χ2n) is 5.61. The van der Waals surface area contributed by atoms with E-state index in [2.05, 4.69) is 22.5 Å². The van der Waals surface area contributed by atoms with Gasteiger partial charge in [0.15, 0.2) is 11.5 Å². The summed E-state index contributed by atoms with van der Waals surface area (Å²) in [5.41, 5.74) is 0.418. The lowest BCUT2D eigenvalue weighted by Crippen LogP contribution is -2.46. The molecule has 0 spiro atoms. The van der Waals surface area contributed by atoms with Gasteiger partial charge in [-0.05, 0) is 30.3 Å². The fourth-order valence-corrected chi connectivity index (χ4v) is 3.01. The molecule has 0 saturated heterocycles. The minimum Gasteiger partial charge on any atom is -0.485 e. The first-order chi connectivity index (χ1) is 12.1. The van der Waals surface area contributed by atoms with E-state index in [1.807, 2.05) is 12.1 Å². The van der Waals surface area contributed by atoms with Gasteiger partial charge in [0, 0.05) is 23.1 Å². The van der Waals surface area contributed by atoms with Crippen molar-refractivity contribution >= 4 is 21.8 Å². The second kappa shape index (κ2) is 7.70. The first-order valence-corrected chi connectivity index (χ1v) is 8.60. The van der Waals surface area contributed by atoms with Crippen molar-refractivity contribution in [2.45, 2.75) is 12.6 Å². The van der Waals surface area contributed by atoms with E-state index in [9.17, 15) is 9.18 Å². The molecule has 0 aliphatic carbocycles. The van der Waals surface area contributed by atoms with Crippen molar-refractivity contribution in [2.24, 2.45) is 0 Å². The quantitative estimate of drug-likeness (QED) is 0.707. The zero-order valence-corrected chi connectivity index (χ0v) is 15.0. The van der Waals surface area contributed by atoms with Crippen LogP contribution in [-0.4, -0.2) is 30.1 Å². The van der Waals surface area contributed by atoms with Crippen LogP contribution in [0.5, 0.6) is 11.5 Å². The Labute approximate surface area is 154 Å². The Bertz CT molecular complexity index is 796. The molecule has 0 radical (unpaired) electrons. The van der Waals surface area contributed by atoms with E-state index in [-0.39, 0.29) is 31.4 Å². The van der Waals surface area contributed by atoms with Crippen LogP contribution in [0.2, 0.25) is 0 Å². The number of ether oxygens (including phenoxy) is 2. The zero-order valence-electron chi connectivity index (χ0n) is 13.5. The molecule has 4 nitrogen and oxygen atoms in total. The number of rotatable bonds is 5. The molecule has 2 aromatic rings. The Morgan fingerprint density at radius 2 is 2.08 bits per heavy atom. The fraction of sp³-hybridized carbons (Fsp3) is 0.211. The number of carbonyl (C=O) groups excluding carboxylic acids is 1. The number of para-hydroxylation sites is 2. The molecule has 0 fully saturated rings. The summed E-state index contributed by atoms with van der Waals surface area (Å²) < 4.78 is 26.1. The van der Waals surface area contributed by atoms with E-state index in [0.717, 1.165) is 4.47 Å². The highest BCUT2D eigenvalue weighted by Gasteiger charge is 2.31. The lowest BCUT2D eigenvalue weighted by atomic mass is 10.1. The summed E-state index contributed by atoms with van der Waals surface area (Å²) in [5, 5.41) is 0. The van der Waals surface area contributed by atoms with Gasteiger partial charge in [-0.3, -0.25) is 4.79 Å². The molecule has 0 saturated carbocycles. The van der Waals surface area contributed by atoms with Crippen LogP contribution in [0, 0.1) is 5.82 Å². The maximum absolute atomic E-state index is 14.0. The molecular weight excluding hydrogens is 389 g/mol. The summed E-state index contributed by atoms with van der Waals surface area (Å²) in [4.78, 5) is 14.3. The van der Waals surface area contributed by atoms with Gasteiger partial charge in [-0.1, -0.05) is 34.1 Å². The van der Waals surface area contributed by atoms with E-state index in [4.69, 9.17) is 9.47 Å². The predicted molar refractivity (Wildman–Crippen MR) is 96.1 cm³/mol. The van der Waals surface area contributed by atoms with Gasteiger partial charge in [0.2, 0.25) is 6.10 Å². The summed E-state index contributed by atoms with van der Waals surface area (Å²) in [7, 11) is 0. The summed E-state index contributed by atoms with van der Waals surface area (Å²) in [6, 6.07) is 11.8. The molecule has 0 aromatic heterocycles. The fourth-order valence-electron chi connectivity index (χ4n) is 2.60. The number of hydrogen-bond acceptors (Lipinski definition) is 3. The normalized spacial score (nSPS) is 15.5. The topological polar surface area (TPSA) is 38.8 Å². The third kappa shape index (κ3) is 4.02. The molecule has 0 bridgehead atoms. The molecule has 1 atom stereocenters. The van der Waals surface area contributed by atoms with Gasteiger partial charge in [0.1, 0.15) is 12.4 Å². The monoisotopic (exact) mass is 405 g/mol. The molecule has 1 heterocycles. The number of hydrogen-bond donors (Lipinski definition) is 0. The van der Waals surface area contributed by atoms with Crippen molar-refractivity contribution in [1.29, 1.82) is 0 Å². The highest BCUT2D eigenvalue weighted by Crippen LogP contribution is 2.31. The highest BCUT2D eigenvalue weighted by molar-refractivity contribution is 9.10. The number of carbonyl (C=O) groups is 1. The zero-order chi connectivity index (χ0) is 17.8. The van der Waals surface area contributed by atoms with Crippen molar-refractivity contribution < 1.29 is 18.7 Å². The Kier molecular flexibility index (Phi) is 5.38. The summed E-state index contributed by atoms with van der Waals surface area (Å²) in [5.74, 6) is 0.504. The van der Waals surface area contributed by atoms with Crippen molar-refractivity contribution in [3.05, 3.63) is 71.0 Å². The molecule has 3 rings (SSSR count). The lowest BCUT2D eigenvalue weighted by molar-refractivity contribution is -0.141. The largest absolute Gasteiger partial charge is 0.485 e. The van der Waals surface area contributed by atoms with Gasteiger partial charge < -0.3 is 14.4 Å². The average Bonchev–Trinajstić information content (AvgIpc) is 2.63. The second-order valence-corrected chi connectivity index (χ2v) is 6.52. The first kappa shape index (κ1) is 17.5. The standard InChI is InChI=1S/C19H17BrFNO3/c1-2-9-22(11-13-10-14(20)7-8-15(13)21)19(23)18-12-24-16-5-3-4-6-17(16)25-18/h2-8,10,18H,1,9,11-12H2. The third-order valence-corrected chi connectivity index (χ3v) is 4.31. The van der Waals surface area contributed by atoms with Gasteiger partial charge in [0.25, 0.3) is 5.91 Å². The molecule has 1 aliphatic heterocycles. The molecule has 1 unspecified atom stereocenters. The van der Waals surface area contributed by atoms with Gasteiger partial charge in [-0.15, -0.1) is 6.58 Å². The van der Waals surface area contributed by atoms with Gasteiger partial charge in [-0.2, -0.15) is 0 Å². The van der Waals surface area contributed by atoms with E-state index in [1.165, 1.54) is 11.0 Å². The minimum atomic E-state index is -0.773. The Morgan fingerprint density at radius 1 is 1.32 bits per heavy atom. The van der Waals surface area contributed by atoms with Crippen molar-refractivity contribution in [2.75, 3.05) is 13.2 Å². The Hall–Kier alpha value is -2.34. The van der Waals surface area contributed by atoms with E-state index >= 15 is 0 Å². The number of nitrogens with zero attached hydrogens (tertiary/aromatic N) is 1. The van der Waals surface area contributed by atoms with Crippen molar-refractivity contribution in [3.8, 4) is 11.5 Å². The molecule has 6 heteroatoms. The molecule has 0 N–H and O–H groups in total. The first-order valence-electron chi connectivity index (χ1n) is 7.80. The number of amides is 1. The molecular formula is C19H17BrFNO3. The van der Waals surface area contributed by atoms with E-state index in [1.54, 1.807) is 30.3 Å². The van der Waals surface area contributed by atoms with Crippen LogP contribution < -0.4 is 9.47 Å². The van der Waals surface area contributed by atoms with Crippen LogP contribution in [-0.2, 0) is 11.3 Å². The summed E-state index contributed by atoms with van der Waals surface area (Å²) >= 11 is 3.32. The van der Waals surface area contributed by atoms with Gasteiger partial charge in [0.05, 0.1) is 0 Å². The van der Waals surface area contributed by atoms with Crippen molar-refractivity contribution in [1.82, 2.24) is 4.90 Å². The Balaban J connectivity index is 1.77. The number of halogens is 2.